The van der Waals surface area contributed by atoms with Crippen LogP contribution in [-0.2, 0) is 24.1 Å². The molecule has 0 saturated heterocycles. The quantitative estimate of drug-likeness (QED) is 0.841. The molecule has 0 saturated carbocycles. The van der Waals surface area contributed by atoms with Crippen molar-refractivity contribution in [2.24, 2.45) is 0 Å². The van der Waals surface area contributed by atoms with E-state index in [0.29, 0.717) is 6.04 Å². The number of hydrogen-bond acceptors (Lipinski definition) is 3. The summed E-state index contributed by atoms with van der Waals surface area (Å²) >= 11 is 0. The van der Waals surface area contributed by atoms with Crippen LogP contribution in [0.25, 0.3) is 0 Å². The van der Waals surface area contributed by atoms with E-state index in [9.17, 15) is 0 Å². The lowest BCUT2D eigenvalue weighted by atomic mass is 10.1. The molecule has 1 aliphatic heterocycles. The Labute approximate surface area is 110 Å². The number of fused-ring (bicyclic) bond motifs is 1. The third-order valence-electron chi connectivity index (χ3n) is 3.47. The van der Waals surface area contributed by atoms with Gasteiger partial charge >= 0.3 is 0 Å². The summed E-state index contributed by atoms with van der Waals surface area (Å²) < 4.78 is 8.00. The number of ether oxygens (including phenoxy) is 1. The Morgan fingerprint density at radius 2 is 2.28 bits per heavy atom. The second-order valence-corrected chi connectivity index (χ2v) is 4.98. The molecule has 0 amide bonds. The minimum absolute atomic E-state index is 0.390. The van der Waals surface area contributed by atoms with Crippen molar-refractivity contribution in [3.05, 3.63) is 17.2 Å². The van der Waals surface area contributed by atoms with Crippen molar-refractivity contribution in [1.29, 1.82) is 0 Å². The summed E-state index contributed by atoms with van der Waals surface area (Å²) in [6.45, 7) is 10.0. The van der Waals surface area contributed by atoms with Crippen LogP contribution in [0, 0.1) is 0 Å². The first-order valence-electron chi connectivity index (χ1n) is 7.15. The standard InChI is InChI=1S/C14H25N3O/c1-4-6-14-16-12-9-15-8-7-13(12)17(14)11(3)10-18-5-2/h11,15H,4-10H2,1-3H3. The number of hydrogen-bond donors (Lipinski definition) is 1. The summed E-state index contributed by atoms with van der Waals surface area (Å²) in [5, 5.41) is 3.40. The Balaban J connectivity index is 2.26. The highest BCUT2D eigenvalue weighted by Gasteiger charge is 2.22. The van der Waals surface area contributed by atoms with Crippen molar-refractivity contribution in [3.8, 4) is 0 Å². The van der Waals surface area contributed by atoms with E-state index >= 15 is 0 Å². The highest BCUT2D eigenvalue weighted by molar-refractivity contribution is 5.21. The highest BCUT2D eigenvalue weighted by atomic mass is 16.5. The Morgan fingerprint density at radius 3 is 3.00 bits per heavy atom. The van der Waals surface area contributed by atoms with Gasteiger partial charge in [-0.1, -0.05) is 6.92 Å². The van der Waals surface area contributed by atoms with Crippen LogP contribution in [-0.4, -0.2) is 29.3 Å². The van der Waals surface area contributed by atoms with Gasteiger partial charge in [-0.2, -0.15) is 0 Å². The molecule has 1 aromatic heterocycles. The third kappa shape index (κ3) is 2.75. The lowest BCUT2D eigenvalue weighted by Gasteiger charge is -2.21. The fourth-order valence-electron chi connectivity index (χ4n) is 2.67. The molecule has 0 spiro atoms. The second kappa shape index (κ2) is 6.34. The number of aromatic nitrogens is 2. The Hall–Kier alpha value is -0.870. The fraction of sp³-hybridized carbons (Fsp3) is 0.786. The molecule has 1 N–H and O–H groups in total. The smallest absolute Gasteiger partial charge is 0.109 e. The van der Waals surface area contributed by atoms with Gasteiger partial charge in [0.1, 0.15) is 5.82 Å². The van der Waals surface area contributed by atoms with Crippen LogP contribution in [0.1, 0.15) is 50.4 Å². The zero-order valence-corrected chi connectivity index (χ0v) is 11.8. The van der Waals surface area contributed by atoms with Gasteiger partial charge in [0.25, 0.3) is 0 Å². The van der Waals surface area contributed by atoms with E-state index in [2.05, 4.69) is 23.7 Å². The summed E-state index contributed by atoms with van der Waals surface area (Å²) in [6.07, 6.45) is 3.29. The molecule has 0 aliphatic carbocycles. The third-order valence-corrected chi connectivity index (χ3v) is 3.47. The minimum atomic E-state index is 0.390. The van der Waals surface area contributed by atoms with Gasteiger partial charge in [0, 0.05) is 38.2 Å². The maximum atomic E-state index is 5.58. The Kier molecular flexibility index (Phi) is 4.78. The van der Waals surface area contributed by atoms with Gasteiger partial charge in [0.05, 0.1) is 18.3 Å². The van der Waals surface area contributed by atoms with E-state index in [-0.39, 0.29) is 0 Å². The number of nitrogens with zero attached hydrogens (tertiary/aromatic N) is 2. The van der Waals surface area contributed by atoms with Crippen molar-refractivity contribution >= 4 is 0 Å². The first kappa shape index (κ1) is 13.6. The molecule has 1 aliphatic rings. The first-order valence-corrected chi connectivity index (χ1v) is 7.15. The van der Waals surface area contributed by atoms with Crippen LogP contribution in [0.5, 0.6) is 0 Å². The molecule has 1 atom stereocenters. The highest BCUT2D eigenvalue weighted by Crippen LogP contribution is 2.22. The van der Waals surface area contributed by atoms with Crippen molar-refractivity contribution in [2.75, 3.05) is 19.8 Å². The predicted molar refractivity (Wildman–Crippen MR) is 72.8 cm³/mol. The summed E-state index contributed by atoms with van der Waals surface area (Å²) in [4.78, 5) is 4.81. The van der Waals surface area contributed by atoms with E-state index in [0.717, 1.165) is 45.6 Å². The molecule has 1 aromatic rings. The van der Waals surface area contributed by atoms with Gasteiger partial charge in [0.15, 0.2) is 0 Å². The van der Waals surface area contributed by atoms with Crippen LogP contribution in [0.3, 0.4) is 0 Å². The van der Waals surface area contributed by atoms with Crippen molar-refractivity contribution in [3.63, 3.8) is 0 Å². The molecular formula is C14H25N3O. The molecule has 0 radical (unpaired) electrons. The summed E-state index contributed by atoms with van der Waals surface area (Å²) in [5.41, 5.74) is 2.66. The van der Waals surface area contributed by atoms with Crippen LogP contribution < -0.4 is 5.32 Å². The summed E-state index contributed by atoms with van der Waals surface area (Å²) in [5.74, 6) is 1.23. The number of rotatable bonds is 6. The molecule has 0 bridgehead atoms. The monoisotopic (exact) mass is 251 g/mol. The predicted octanol–water partition coefficient (Wildman–Crippen LogP) is 2.08. The molecular weight excluding hydrogens is 226 g/mol. The van der Waals surface area contributed by atoms with Crippen molar-refractivity contribution < 1.29 is 4.74 Å². The Bertz CT molecular complexity index is 387. The zero-order chi connectivity index (χ0) is 13.0. The van der Waals surface area contributed by atoms with Gasteiger partial charge < -0.3 is 14.6 Å². The van der Waals surface area contributed by atoms with E-state index in [4.69, 9.17) is 9.72 Å². The molecule has 2 rings (SSSR count). The van der Waals surface area contributed by atoms with Gasteiger partial charge in [0.2, 0.25) is 0 Å². The number of aryl methyl sites for hydroxylation is 1. The molecule has 4 nitrogen and oxygen atoms in total. The van der Waals surface area contributed by atoms with Crippen LogP contribution in [0.15, 0.2) is 0 Å². The van der Waals surface area contributed by atoms with Crippen LogP contribution in [0.2, 0.25) is 0 Å². The van der Waals surface area contributed by atoms with Gasteiger partial charge in [-0.15, -0.1) is 0 Å². The number of imidazole rings is 1. The molecule has 18 heavy (non-hydrogen) atoms. The number of nitrogens with one attached hydrogen (secondary N) is 1. The molecule has 1 unspecified atom stereocenters. The molecule has 0 aromatic carbocycles. The lowest BCUT2D eigenvalue weighted by molar-refractivity contribution is 0.117. The average molecular weight is 251 g/mol. The van der Waals surface area contributed by atoms with Crippen molar-refractivity contribution in [1.82, 2.24) is 14.9 Å². The second-order valence-electron chi connectivity index (χ2n) is 4.98. The van der Waals surface area contributed by atoms with Gasteiger partial charge in [-0.3, -0.25) is 0 Å². The Morgan fingerprint density at radius 1 is 1.44 bits per heavy atom. The SMILES string of the molecule is CCCc1nc2c(n1C(C)COCC)CCNC2. The minimum Gasteiger partial charge on any atom is -0.380 e. The average Bonchev–Trinajstić information content (AvgIpc) is 2.74. The van der Waals surface area contributed by atoms with Crippen LogP contribution >= 0.6 is 0 Å². The van der Waals surface area contributed by atoms with E-state index in [1.54, 1.807) is 0 Å². The normalized spacial score (nSPS) is 16.6. The molecule has 2 heterocycles. The maximum absolute atomic E-state index is 5.58. The van der Waals surface area contributed by atoms with E-state index < -0.39 is 0 Å². The fourth-order valence-corrected chi connectivity index (χ4v) is 2.67. The van der Waals surface area contributed by atoms with Crippen LogP contribution in [0.4, 0.5) is 0 Å². The zero-order valence-electron chi connectivity index (χ0n) is 11.8. The molecule has 0 fully saturated rings. The van der Waals surface area contributed by atoms with E-state index in [1.165, 1.54) is 17.2 Å². The molecule has 4 heteroatoms. The topological polar surface area (TPSA) is 39.1 Å². The lowest BCUT2D eigenvalue weighted by Crippen LogP contribution is -2.26. The molecule has 102 valence electrons. The summed E-state index contributed by atoms with van der Waals surface area (Å²) in [6, 6.07) is 0.390. The van der Waals surface area contributed by atoms with E-state index in [1.807, 2.05) is 6.92 Å². The largest absolute Gasteiger partial charge is 0.380 e. The maximum Gasteiger partial charge on any atom is 0.109 e. The van der Waals surface area contributed by atoms with Gasteiger partial charge in [-0.25, -0.2) is 4.98 Å². The van der Waals surface area contributed by atoms with Crippen molar-refractivity contribution in [2.45, 2.75) is 52.6 Å². The van der Waals surface area contributed by atoms with Gasteiger partial charge in [-0.05, 0) is 20.3 Å². The summed E-state index contributed by atoms with van der Waals surface area (Å²) in [7, 11) is 0. The first-order chi connectivity index (χ1) is 8.77.